The number of ether oxygens (including phenoxy) is 1. The molecule has 1 aromatic heterocycles. The maximum absolute atomic E-state index is 13.3. The molecule has 0 saturated carbocycles. The van der Waals surface area contributed by atoms with Crippen molar-refractivity contribution < 1.29 is 65.7 Å². The minimum atomic E-state index is -0.527. The monoisotopic (exact) mass is 595 g/mol. The van der Waals surface area contributed by atoms with E-state index in [4.69, 9.17) is 10.1 Å². The molecule has 2 amide bonds. The fourth-order valence-corrected chi connectivity index (χ4v) is 5.82. The van der Waals surface area contributed by atoms with Crippen LogP contribution in [0.5, 0.6) is 11.5 Å². The van der Waals surface area contributed by atoms with Gasteiger partial charge >= 0.3 is 51.4 Å². The molecule has 3 aromatic carbocycles. The van der Waals surface area contributed by atoms with Crippen LogP contribution in [0.15, 0.2) is 78.2 Å². The summed E-state index contributed by atoms with van der Waals surface area (Å²) >= 11 is 1.54. The molecule has 1 saturated heterocycles. The summed E-state index contributed by atoms with van der Waals surface area (Å²) in [5.74, 6) is 1.12. The molecule has 10 heteroatoms. The van der Waals surface area contributed by atoms with Gasteiger partial charge in [0.05, 0.1) is 0 Å². The van der Waals surface area contributed by atoms with E-state index in [1.54, 1.807) is 4.90 Å². The van der Waals surface area contributed by atoms with Gasteiger partial charge in [-0.1, -0.05) is 43.3 Å². The van der Waals surface area contributed by atoms with Gasteiger partial charge < -0.3 is 31.4 Å². The summed E-state index contributed by atoms with van der Waals surface area (Å²) in [5, 5.41) is 17.9. The van der Waals surface area contributed by atoms with Crippen molar-refractivity contribution in [3.63, 3.8) is 0 Å². The van der Waals surface area contributed by atoms with Gasteiger partial charge in [0.25, 0.3) is 0 Å². The molecule has 2 unspecified atom stereocenters. The Kier molecular flexibility index (Phi) is 13.0. The number of nitrogens with one attached hydrogen (secondary N) is 2. The SMILES string of the molecule is CCC1CCC(C(=O)Nc2ccc3c(C=N)csc3c2)N1C(=O)C[N-]c1ccc(Oc2ccccc2)cc1.CN.[K+]. The van der Waals surface area contributed by atoms with Crippen molar-refractivity contribution in [1.29, 1.82) is 5.41 Å². The number of fused-ring (bicyclic) bond motifs is 1. The van der Waals surface area contributed by atoms with E-state index in [1.165, 1.54) is 24.6 Å². The Hall–Kier alpha value is -2.57. The van der Waals surface area contributed by atoms with Crippen molar-refractivity contribution in [3.8, 4) is 11.5 Å². The first-order chi connectivity index (χ1) is 19.6. The molecule has 41 heavy (non-hydrogen) atoms. The Labute approximate surface area is 287 Å². The molecule has 8 nitrogen and oxygen atoms in total. The third-order valence-corrected chi connectivity index (χ3v) is 7.77. The number of para-hydroxylation sites is 1. The molecule has 0 spiro atoms. The standard InChI is InChI=1S/C30H29N4O3S.CH5N.K/c1-2-23-11-15-27(30(36)33-22-10-14-26-20(17-31)19-38-28(26)16-22)34(23)29(35)18-32-21-8-12-25(13-9-21)37-24-6-4-3-5-7-24;1-2;/h3-10,12-14,16-17,19,23,27,31H,2,11,15,18H2,1H3,(H,33,36);2H2,1H3;/q-1;;+1. The van der Waals surface area contributed by atoms with Gasteiger partial charge in [-0.15, -0.1) is 17.0 Å². The van der Waals surface area contributed by atoms with E-state index in [0.29, 0.717) is 23.5 Å². The summed E-state index contributed by atoms with van der Waals surface area (Å²) in [6.07, 6.45) is 3.54. The van der Waals surface area contributed by atoms with Crippen molar-refractivity contribution in [2.45, 2.75) is 38.3 Å². The van der Waals surface area contributed by atoms with Crippen LogP contribution in [0.3, 0.4) is 0 Å². The van der Waals surface area contributed by atoms with Gasteiger partial charge in [0.1, 0.15) is 17.5 Å². The van der Waals surface area contributed by atoms with Gasteiger partial charge in [0.15, 0.2) is 0 Å². The second kappa shape index (κ2) is 16.2. The van der Waals surface area contributed by atoms with Crippen molar-refractivity contribution in [1.82, 2.24) is 4.90 Å². The fourth-order valence-electron chi connectivity index (χ4n) is 4.87. The summed E-state index contributed by atoms with van der Waals surface area (Å²) in [6, 6.07) is 22.0. The van der Waals surface area contributed by atoms with Crippen LogP contribution < -0.4 is 67.2 Å². The zero-order valence-electron chi connectivity index (χ0n) is 23.7. The Morgan fingerprint density at radius 2 is 1.78 bits per heavy atom. The van der Waals surface area contributed by atoms with Crippen LogP contribution >= 0.6 is 11.3 Å². The molecule has 0 bridgehead atoms. The van der Waals surface area contributed by atoms with E-state index in [2.05, 4.69) is 16.4 Å². The molecular weight excluding hydrogens is 562 g/mol. The van der Waals surface area contributed by atoms with Crippen molar-refractivity contribution in [2.75, 3.05) is 18.9 Å². The van der Waals surface area contributed by atoms with Gasteiger partial charge in [-0.25, -0.2) is 0 Å². The zero-order chi connectivity index (χ0) is 28.5. The second-order valence-corrected chi connectivity index (χ2v) is 10.1. The number of nitrogens with two attached hydrogens (primary N) is 1. The van der Waals surface area contributed by atoms with Crippen molar-refractivity contribution >= 4 is 50.8 Å². The molecular formula is C31H34KN5O3S. The summed E-state index contributed by atoms with van der Waals surface area (Å²) < 4.78 is 6.82. The van der Waals surface area contributed by atoms with Crippen LogP contribution in [0.1, 0.15) is 31.7 Å². The number of thiophene rings is 1. The summed E-state index contributed by atoms with van der Waals surface area (Å²) in [5.41, 5.74) is 6.74. The molecule has 1 aliphatic heterocycles. The average molecular weight is 596 g/mol. The van der Waals surface area contributed by atoms with E-state index >= 15 is 0 Å². The van der Waals surface area contributed by atoms with Gasteiger partial charge in [-0.05, 0) is 69.3 Å². The molecule has 2 heterocycles. The molecule has 0 aliphatic carbocycles. The van der Waals surface area contributed by atoms with Crippen LogP contribution in [0.25, 0.3) is 15.4 Å². The maximum atomic E-state index is 13.3. The third-order valence-electron chi connectivity index (χ3n) is 6.81. The minimum Gasteiger partial charge on any atom is -0.677 e. The first-order valence-corrected chi connectivity index (χ1v) is 14.2. The third kappa shape index (κ3) is 8.26. The largest absolute Gasteiger partial charge is 1.00 e. The number of carbonyl (C=O) groups is 2. The molecule has 1 aliphatic rings. The van der Waals surface area contributed by atoms with Crippen molar-refractivity contribution in [2.24, 2.45) is 5.73 Å². The van der Waals surface area contributed by atoms with Crippen LogP contribution in [0.4, 0.5) is 11.4 Å². The van der Waals surface area contributed by atoms with Crippen LogP contribution in [-0.4, -0.2) is 48.6 Å². The number of carbonyl (C=O) groups excluding carboxylic acids is 2. The molecule has 5 rings (SSSR count). The van der Waals surface area contributed by atoms with E-state index in [-0.39, 0.29) is 75.8 Å². The van der Waals surface area contributed by atoms with E-state index in [9.17, 15) is 9.59 Å². The average Bonchev–Trinajstić information content (AvgIpc) is 3.62. The molecule has 4 N–H and O–H groups in total. The Balaban J connectivity index is 0.00000151. The Morgan fingerprint density at radius 3 is 2.46 bits per heavy atom. The van der Waals surface area contributed by atoms with E-state index in [1.807, 2.05) is 85.1 Å². The summed E-state index contributed by atoms with van der Waals surface area (Å²) in [6.45, 7) is 2.02. The number of hydrogen-bond acceptors (Lipinski definition) is 6. The number of anilines is 1. The number of amides is 2. The number of nitrogens with zero attached hydrogens (tertiary/aromatic N) is 2. The summed E-state index contributed by atoms with van der Waals surface area (Å²) in [7, 11) is 1.50. The summed E-state index contributed by atoms with van der Waals surface area (Å²) in [4.78, 5) is 28.3. The van der Waals surface area contributed by atoms with Crippen LogP contribution in [-0.2, 0) is 9.59 Å². The minimum absolute atomic E-state index is 0. The second-order valence-electron chi connectivity index (χ2n) is 9.22. The fraction of sp³-hybridized carbons (Fsp3) is 0.258. The molecule has 2 atom stereocenters. The molecule has 208 valence electrons. The zero-order valence-corrected chi connectivity index (χ0v) is 27.6. The maximum Gasteiger partial charge on any atom is 1.00 e. The topological polar surface area (TPSA) is 123 Å². The smallest absolute Gasteiger partial charge is 0.677 e. The number of benzene rings is 3. The first kappa shape index (κ1) is 32.9. The van der Waals surface area contributed by atoms with Crippen LogP contribution in [0, 0.1) is 5.41 Å². The van der Waals surface area contributed by atoms with Gasteiger partial charge in [-0.2, -0.15) is 0 Å². The number of rotatable bonds is 9. The normalized spacial score (nSPS) is 15.7. The van der Waals surface area contributed by atoms with Crippen LogP contribution in [0.2, 0.25) is 0 Å². The van der Waals surface area contributed by atoms with Crippen molar-refractivity contribution in [3.05, 3.63) is 89.1 Å². The predicted molar refractivity (Wildman–Crippen MR) is 163 cm³/mol. The van der Waals surface area contributed by atoms with Gasteiger partial charge in [-0.3, -0.25) is 9.59 Å². The van der Waals surface area contributed by atoms with E-state index in [0.717, 1.165) is 34.2 Å². The quantitative estimate of drug-likeness (QED) is 0.202. The molecule has 4 aromatic rings. The van der Waals surface area contributed by atoms with Gasteiger partial charge in [0, 0.05) is 39.0 Å². The number of hydrogen-bond donors (Lipinski definition) is 3. The Bertz CT molecular complexity index is 1450. The molecule has 1 fully saturated rings. The van der Waals surface area contributed by atoms with Gasteiger partial charge in [0.2, 0.25) is 11.8 Å². The predicted octanol–water partition coefficient (Wildman–Crippen LogP) is 3.68. The number of likely N-dealkylation sites (tertiary alicyclic amines) is 1. The van der Waals surface area contributed by atoms with E-state index < -0.39 is 6.04 Å². The molecule has 0 radical (unpaired) electrons. The first-order valence-electron chi connectivity index (χ1n) is 13.3. The Morgan fingerprint density at radius 1 is 1.07 bits per heavy atom.